The van der Waals surface area contributed by atoms with Crippen LogP contribution in [0.4, 0.5) is 0 Å². The molecule has 0 aromatic carbocycles. The molecule has 1 N–H and O–H groups in total. The van der Waals surface area contributed by atoms with Gasteiger partial charge in [0.1, 0.15) is 4.60 Å². The van der Waals surface area contributed by atoms with Gasteiger partial charge in [-0.05, 0) is 40.2 Å². The van der Waals surface area contributed by atoms with Crippen LogP contribution in [0, 0.1) is 0 Å². The fraction of sp³-hybridized carbons (Fsp3) is 0.154. The Hall–Kier alpha value is -1.75. The Balaban J connectivity index is 1.88. The summed E-state index contributed by atoms with van der Waals surface area (Å²) in [5.74, 6) is -0.133. The van der Waals surface area contributed by atoms with Crippen molar-refractivity contribution in [2.75, 3.05) is 6.54 Å². The molecule has 2 heterocycles. The summed E-state index contributed by atoms with van der Waals surface area (Å²) < 4.78 is 0.556. The number of amides is 1. The maximum absolute atomic E-state index is 11.9. The molecule has 0 aliphatic heterocycles. The molecule has 92 valence electrons. The molecule has 2 rings (SSSR count). The van der Waals surface area contributed by atoms with E-state index in [0.717, 1.165) is 5.69 Å². The van der Waals surface area contributed by atoms with Gasteiger partial charge in [0.05, 0.1) is 5.56 Å². The lowest BCUT2D eigenvalue weighted by atomic mass is 10.2. The van der Waals surface area contributed by atoms with Crippen LogP contribution >= 0.6 is 15.9 Å². The van der Waals surface area contributed by atoms with Crippen molar-refractivity contribution in [1.82, 2.24) is 15.3 Å². The quantitative estimate of drug-likeness (QED) is 0.881. The number of aromatic nitrogens is 2. The number of hydrogen-bond donors (Lipinski definition) is 1. The molecule has 0 spiro atoms. The van der Waals surface area contributed by atoms with Crippen molar-refractivity contribution in [1.29, 1.82) is 0 Å². The minimum atomic E-state index is -0.133. The average molecular weight is 306 g/mol. The van der Waals surface area contributed by atoms with Crippen LogP contribution in [0.1, 0.15) is 16.1 Å². The summed E-state index contributed by atoms with van der Waals surface area (Å²) in [4.78, 5) is 20.1. The summed E-state index contributed by atoms with van der Waals surface area (Å²) >= 11 is 3.25. The monoisotopic (exact) mass is 305 g/mol. The highest BCUT2D eigenvalue weighted by molar-refractivity contribution is 9.10. The van der Waals surface area contributed by atoms with Crippen molar-refractivity contribution < 1.29 is 4.79 Å². The van der Waals surface area contributed by atoms with E-state index in [4.69, 9.17) is 0 Å². The fourth-order valence-corrected chi connectivity index (χ4v) is 1.93. The number of nitrogens with one attached hydrogen (secondary N) is 1. The molecule has 18 heavy (non-hydrogen) atoms. The maximum atomic E-state index is 11.9. The van der Waals surface area contributed by atoms with Gasteiger partial charge in [0, 0.05) is 31.1 Å². The summed E-state index contributed by atoms with van der Waals surface area (Å²) in [6.45, 7) is 0.553. The van der Waals surface area contributed by atoms with E-state index in [1.807, 2.05) is 18.2 Å². The highest BCUT2D eigenvalue weighted by Gasteiger charge is 2.09. The van der Waals surface area contributed by atoms with Gasteiger partial charge in [-0.25, -0.2) is 4.98 Å². The Labute approximate surface area is 114 Å². The predicted octanol–water partition coefficient (Wildman–Crippen LogP) is 2.21. The van der Waals surface area contributed by atoms with Crippen molar-refractivity contribution in [2.24, 2.45) is 0 Å². The van der Waals surface area contributed by atoms with Gasteiger partial charge in [0.25, 0.3) is 5.91 Å². The average Bonchev–Trinajstić information content (AvgIpc) is 2.40. The predicted molar refractivity (Wildman–Crippen MR) is 72.2 cm³/mol. The lowest BCUT2D eigenvalue weighted by Crippen LogP contribution is -2.26. The number of hydrogen-bond acceptors (Lipinski definition) is 3. The number of carbonyl (C=O) groups is 1. The SMILES string of the molecule is O=C(NCCc1ccccn1)c1cccnc1Br. The molecule has 0 aliphatic carbocycles. The molecular formula is C13H12BrN3O. The van der Waals surface area contributed by atoms with E-state index in [1.165, 1.54) is 0 Å². The molecule has 0 saturated heterocycles. The molecule has 2 aromatic rings. The first-order valence-corrected chi connectivity index (χ1v) is 6.35. The summed E-state index contributed by atoms with van der Waals surface area (Å²) in [5, 5.41) is 2.84. The van der Waals surface area contributed by atoms with Crippen molar-refractivity contribution in [3.05, 3.63) is 58.6 Å². The van der Waals surface area contributed by atoms with Gasteiger partial charge in [-0.3, -0.25) is 9.78 Å². The van der Waals surface area contributed by atoms with Crippen LogP contribution < -0.4 is 5.32 Å². The molecule has 0 unspecified atom stereocenters. The van der Waals surface area contributed by atoms with Crippen LogP contribution in [-0.4, -0.2) is 22.4 Å². The third-order valence-electron chi connectivity index (χ3n) is 2.40. The number of rotatable bonds is 4. The highest BCUT2D eigenvalue weighted by atomic mass is 79.9. The largest absolute Gasteiger partial charge is 0.352 e. The molecule has 0 saturated carbocycles. The Kier molecular flexibility index (Phi) is 4.41. The van der Waals surface area contributed by atoms with Gasteiger partial charge in [0.2, 0.25) is 0 Å². The molecule has 4 nitrogen and oxygen atoms in total. The standard InChI is InChI=1S/C13H12BrN3O/c14-12-11(5-3-8-16-12)13(18)17-9-6-10-4-1-2-7-15-10/h1-5,7-8H,6,9H2,(H,17,18). The summed E-state index contributed by atoms with van der Waals surface area (Å²) in [5.41, 5.74) is 1.50. The third-order valence-corrected chi connectivity index (χ3v) is 3.03. The second kappa shape index (κ2) is 6.26. The number of carbonyl (C=O) groups excluding carboxylic acids is 1. The number of halogens is 1. The van der Waals surface area contributed by atoms with Gasteiger partial charge < -0.3 is 5.32 Å². The minimum absolute atomic E-state index is 0.133. The molecule has 0 atom stereocenters. The smallest absolute Gasteiger partial charge is 0.254 e. The lowest BCUT2D eigenvalue weighted by Gasteiger charge is -2.05. The van der Waals surface area contributed by atoms with E-state index in [1.54, 1.807) is 24.5 Å². The Morgan fingerprint density at radius 3 is 2.72 bits per heavy atom. The second-order valence-corrected chi connectivity index (χ2v) is 4.42. The Bertz CT molecular complexity index is 531. The highest BCUT2D eigenvalue weighted by Crippen LogP contribution is 2.11. The van der Waals surface area contributed by atoms with Crippen LogP contribution in [0.15, 0.2) is 47.3 Å². The fourth-order valence-electron chi connectivity index (χ4n) is 1.50. The van der Waals surface area contributed by atoms with Crippen LogP contribution in [0.3, 0.4) is 0 Å². The van der Waals surface area contributed by atoms with Gasteiger partial charge >= 0.3 is 0 Å². The van der Waals surface area contributed by atoms with Crippen molar-refractivity contribution >= 4 is 21.8 Å². The van der Waals surface area contributed by atoms with Crippen molar-refractivity contribution in [2.45, 2.75) is 6.42 Å². The Morgan fingerprint density at radius 1 is 1.17 bits per heavy atom. The normalized spacial score (nSPS) is 10.1. The van der Waals surface area contributed by atoms with Gasteiger partial charge in [-0.15, -0.1) is 0 Å². The van der Waals surface area contributed by atoms with Gasteiger partial charge in [-0.1, -0.05) is 6.07 Å². The molecule has 1 amide bonds. The van der Waals surface area contributed by atoms with Crippen LogP contribution in [0.2, 0.25) is 0 Å². The first kappa shape index (κ1) is 12.7. The number of pyridine rings is 2. The first-order chi connectivity index (χ1) is 8.77. The van der Waals surface area contributed by atoms with E-state index in [-0.39, 0.29) is 5.91 Å². The lowest BCUT2D eigenvalue weighted by molar-refractivity contribution is 0.0953. The number of nitrogens with zero attached hydrogens (tertiary/aromatic N) is 2. The van der Waals surface area contributed by atoms with E-state index >= 15 is 0 Å². The molecular weight excluding hydrogens is 294 g/mol. The van der Waals surface area contributed by atoms with Crippen molar-refractivity contribution in [3.63, 3.8) is 0 Å². The second-order valence-electron chi connectivity index (χ2n) is 3.67. The first-order valence-electron chi connectivity index (χ1n) is 5.56. The molecule has 2 aromatic heterocycles. The molecule has 5 heteroatoms. The topological polar surface area (TPSA) is 54.9 Å². The summed E-state index contributed by atoms with van der Waals surface area (Å²) in [7, 11) is 0. The maximum Gasteiger partial charge on any atom is 0.254 e. The third kappa shape index (κ3) is 3.37. The Morgan fingerprint density at radius 2 is 2.00 bits per heavy atom. The minimum Gasteiger partial charge on any atom is -0.352 e. The summed E-state index contributed by atoms with van der Waals surface area (Å²) in [6, 6.07) is 9.20. The van der Waals surface area contributed by atoms with Crippen LogP contribution in [0.5, 0.6) is 0 Å². The molecule has 0 fully saturated rings. The van der Waals surface area contributed by atoms with E-state index in [2.05, 4.69) is 31.2 Å². The van der Waals surface area contributed by atoms with E-state index in [9.17, 15) is 4.79 Å². The molecule has 0 aliphatic rings. The van der Waals surface area contributed by atoms with Crippen LogP contribution in [-0.2, 0) is 6.42 Å². The van der Waals surface area contributed by atoms with Gasteiger partial charge in [0.15, 0.2) is 0 Å². The van der Waals surface area contributed by atoms with E-state index in [0.29, 0.717) is 23.1 Å². The zero-order chi connectivity index (χ0) is 12.8. The molecule has 0 bridgehead atoms. The zero-order valence-electron chi connectivity index (χ0n) is 9.64. The van der Waals surface area contributed by atoms with Gasteiger partial charge in [-0.2, -0.15) is 0 Å². The van der Waals surface area contributed by atoms with E-state index < -0.39 is 0 Å². The zero-order valence-corrected chi connectivity index (χ0v) is 11.2. The van der Waals surface area contributed by atoms with Crippen molar-refractivity contribution in [3.8, 4) is 0 Å². The van der Waals surface area contributed by atoms with Crippen LogP contribution in [0.25, 0.3) is 0 Å². The molecule has 0 radical (unpaired) electrons. The summed E-state index contributed by atoms with van der Waals surface area (Å²) in [6.07, 6.45) is 4.09.